The van der Waals surface area contributed by atoms with E-state index in [4.69, 9.17) is 4.74 Å². The van der Waals surface area contributed by atoms with E-state index in [1.165, 1.54) is 29.7 Å². The van der Waals surface area contributed by atoms with Crippen LogP contribution in [-0.4, -0.2) is 19.8 Å². The van der Waals surface area contributed by atoms with E-state index in [1.54, 1.807) is 0 Å². The Bertz CT molecular complexity index is 343. The highest BCUT2D eigenvalue weighted by molar-refractivity contribution is 5.53. The SMILES string of the molecule is Cc1cccc(NCC2CCCOC2)c1C. The molecule has 0 saturated carbocycles. The van der Waals surface area contributed by atoms with Gasteiger partial charge in [-0.25, -0.2) is 0 Å². The van der Waals surface area contributed by atoms with Crippen molar-refractivity contribution in [1.29, 1.82) is 0 Å². The van der Waals surface area contributed by atoms with Gasteiger partial charge in [0.05, 0.1) is 6.61 Å². The Balaban J connectivity index is 1.91. The summed E-state index contributed by atoms with van der Waals surface area (Å²) in [7, 11) is 0. The molecule has 1 aliphatic heterocycles. The van der Waals surface area contributed by atoms with Gasteiger partial charge in [0.2, 0.25) is 0 Å². The van der Waals surface area contributed by atoms with Gasteiger partial charge in [0, 0.05) is 18.8 Å². The normalized spacial score (nSPS) is 20.8. The number of aryl methyl sites for hydroxylation is 1. The molecule has 1 fully saturated rings. The highest BCUT2D eigenvalue weighted by Gasteiger charge is 2.13. The van der Waals surface area contributed by atoms with Crippen molar-refractivity contribution in [3.05, 3.63) is 29.3 Å². The van der Waals surface area contributed by atoms with Crippen LogP contribution in [0.15, 0.2) is 18.2 Å². The Labute approximate surface area is 98.0 Å². The van der Waals surface area contributed by atoms with Crippen LogP contribution in [0.25, 0.3) is 0 Å². The predicted molar refractivity (Wildman–Crippen MR) is 67.9 cm³/mol. The molecule has 2 heteroatoms. The largest absolute Gasteiger partial charge is 0.384 e. The topological polar surface area (TPSA) is 21.3 Å². The first kappa shape index (κ1) is 11.5. The van der Waals surface area contributed by atoms with Crippen LogP contribution in [-0.2, 0) is 4.74 Å². The van der Waals surface area contributed by atoms with Gasteiger partial charge in [0.25, 0.3) is 0 Å². The molecule has 16 heavy (non-hydrogen) atoms. The van der Waals surface area contributed by atoms with Gasteiger partial charge >= 0.3 is 0 Å². The van der Waals surface area contributed by atoms with Gasteiger partial charge in [-0.1, -0.05) is 12.1 Å². The lowest BCUT2D eigenvalue weighted by molar-refractivity contribution is 0.0595. The third-order valence-corrected chi connectivity index (χ3v) is 3.44. The Hall–Kier alpha value is -1.02. The Kier molecular flexibility index (Phi) is 3.83. The molecule has 0 spiro atoms. The van der Waals surface area contributed by atoms with Crippen molar-refractivity contribution in [2.24, 2.45) is 5.92 Å². The lowest BCUT2D eigenvalue weighted by atomic mass is 10.0. The van der Waals surface area contributed by atoms with E-state index in [1.807, 2.05) is 0 Å². The number of ether oxygens (including phenoxy) is 1. The molecule has 1 saturated heterocycles. The predicted octanol–water partition coefficient (Wildman–Crippen LogP) is 3.14. The van der Waals surface area contributed by atoms with E-state index in [0.29, 0.717) is 5.92 Å². The molecule has 2 nitrogen and oxygen atoms in total. The maximum Gasteiger partial charge on any atom is 0.0511 e. The summed E-state index contributed by atoms with van der Waals surface area (Å²) < 4.78 is 5.48. The quantitative estimate of drug-likeness (QED) is 0.843. The van der Waals surface area contributed by atoms with Gasteiger partial charge in [0.1, 0.15) is 0 Å². The molecule has 0 aromatic heterocycles. The molecular formula is C14H21NO. The molecule has 1 unspecified atom stereocenters. The van der Waals surface area contributed by atoms with Gasteiger partial charge in [-0.3, -0.25) is 0 Å². The van der Waals surface area contributed by atoms with Crippen molar-refractivity contribution in [2.75, 3.05) is 25.1 Å². The summed E-state index contributed by atoms with van der Waals surface area (Å²) in [6.07, 6.45) is 2.50. The van der Waals surface area contributed by atoms with Gasteiger partial charge in [-0.15, -0.1) is 0 Å². The zero-order valence-corrected chi connectivity index (χ0v) is 10.3. The van der Waals surface area contributed by atoms with Gasteiger partial charge in [-0.05, 0) is 49.8 Å². The van der Waals surface area contributed by atoms with Crippen LogP contribution >= 0.6 is 0 Å². The Morgan fingerprint density at radius 1 is 1.38 bits per heavy atom. The Morgan fingerprint density at radius 2 is 2.25 bits per heavy atom. The summed E-state index contributed by atoms with van der Waals surface area (Å²) in [6.45, 7) is 7.22. The first-order chi connectivity index (χ1) is 7.77. The van der Waals surface area contributed by atoms with Crippen LogP contribution in [0.4, 0.5) is 5.69 Å². The molecule has 1 aliphatic rings. The molecular weight excluding hydrogens is 198 g/mol. The highest BCUT2D eigenvalue weighted by atomic mass is 16.5. The molecule has 1 N–H and O–H groups in total. The number of benzene rings is 1. The fourth-order valence-corrected chi connectivity index (χ4v) is 2.17. The molecule has 0 aliphatic carbocycles. The maximum atomic E-state index is 5.48. The second-order valence-electron chi connectivity index (χ2n) is 4.71. The fraction of sp³-hybridized carbons (Fsp3) is 0.571. The van der Waals surface area contributed by atoms with Crippen LogP contribution in [0.2, 0.25) is 0 Å². The van der Waals surface area contributed by atoms with Crippen LogP contribution < -0.4 is 5.32 Å². The fourth-order valence-electron chi connectivity index (χ4n) is 2.17. The minimum atomic E-state index is 0.675. The molecule has 1 aromatic rings. The van der Waals surface area contributed by atoms with Crippen LogP contribution in [0, 0.1) is 19.8 Å². The first-order valence-corrected chi connectivity index (χ1v) is 6.15. The molecule has 1 atom stereocenters. The number of hydrogen-bond donors (Lipinski definition) is 1. The molecule has 0 radical (unpaired) electrons. The zero-order valence-electron chi connectivity index (χ0n) is 10.3. The number of anilines is 1. The third kappa shape index (κ3) is 2.76. The van der Waals surface area contributed by atoms with E-state index in [9.17, 15) is 0 Å². The molecule has 2 rings (SSSR count). The lowest BCUT2D eigenvalue weighted by Crippen LogP contribution is -2.24. The molecule has 0 bridgehead atoms. The molecule has 1 aromatic carbocycles. The molecule has 0 amide bonds. The van der Waals surface area contributed by atoms with Crippen molar-refractivity contribution < 1.29 is 4.74 Å². The van der Waals surface area contributed by atoms with E-state index >= 15 is 0 Å². The monoisotopic (exact) mass is 219 g/mol. The Morgan fingerprint density at radius 3 is 3.00 bits per heavy atom. The number of rotatable bonds is 3. The summed E-state index contributed by atoms with van der Waals surface area (Å²) in [5, 5.41) is 3.54. The summed E-state index contributed by atoms with van der Waals surface area (Å²) in [6, 6.07) is 6.43. The van der Waals surface area contributed by atoms with Crippen molar-refractivity contribution in [1.82, 2.24) is 0 Å². The van der Waals surface area contributed by atoms with Crippen molar-refractivity contribution in [2.45, 2.75) is 26.7 Å². The summed E-state index contributed by atoms with van der Waals surface area (Å²) >= 11 is 0. The minimum Gasteiger partial charge on any atom is -0.384 e. The van der Waals surface area contributed by atoms with Crippen LogP contribution in [0.5, 0.6) is 0 Å². The standard InChI is InChI=1S/C14H21NO/c1-11-5-3-7-14(12(11)2)15-9-13-6-4-8-16-10-13/h3,5,7,13,15H,4,6,8-10H2,1-2H3. The van der Waals surface area contributed by atoms with E-state index in [0.717, 1.165) is 19.8 Å². The molecule has 88 valence electrons. The smallest absolute Gasteiger partial charge is 0.0511 e. The number of nitrogens with one attached hydrogen (secondary N) is 1. The lowest BCUT2D eigenvalue weighted by Gasteiger charge is -2.23. The zero-order chi connectivity index (χ0) is 11.4. The van der Waals surface area contributed by atoms with Crippen molar-refractivity contribution in [3.8, 4) is 0 Å². The van der Waals surface area contributed by atoms with E-state index in [-0.39, 0.29) is 0 Å². The summed E-state index contributed by atoms with van der Waals surface area (Å²) in [4.78, 5) is 0. The van der Waals surface area contributed by atoms with Crippen molar-refractivity contribution in [3.63, 3.8) is 0 Å². The average Bonchev–Trinajstić information content (AvgIpc) is 2.32. The number of hydrogen-bond acceptors (Lipinski definition) is 2. The second-order valence-corrected chi connectivity index (χ2v) is 4.71. The summed E-state index contributed by atoms with van der Waals surface area (Å²) in [5.41, 5.74) is 3.98. The van der Waals surface area contributed by atoms with Crippen LogP contribution in [0.1, 0.15) is 24.0 Å². The average molecular weight is 219 g/mol. The maximum absolute atomic E-state index is 5.48. The van der Waals surface area contributed by atoms with Crippen LogP contribution in [0.3, 0.4) is 0 Å². The van der Waals surface area contributed by atoms with E-state index < -0.39 is 0 Å². The van der Waals surface area contributed by atoms with Gasteiger partial charge in [0.15, 0.2) is 0 Å². The van der Waals surface area contributed by atoms with Gasteiger partial charge in [-0.2, -0.15) is 0 Å². The minimum absolute atomic E-state index is 0.675. The van der Waals surface area contributed by atoms with Crippen molar-refractivity contribution >= 4 is 5.69 Å². The summed E-state index contributed by atoms with van der Waals surface area (Å²) in [5.74, 6) is 0.675. The van der Waals surface area contributed by atoms with E-state index in [2.05, 4.69) is 37.4 Å². The second kappa shape index (κ2) is 5.35. The molecule has 1 heterocycles. The highest BCUT2D eigenvalue weighted by Crippen LogP contribution is 2.20. The van der Waals surface area contributed by atoms with Gasteiger partial charge < -0.3 is 10.1 Å². The third-order valence-electron chi connectivity index (χ3n) is 3.44. The first-order valence-electron chi connectivity index (χ1n) is 6.15.